The molecule has 0 heterocycles. The fourth-order valence-electron chi connectivity index (χ4n) is 7.78. The highest BCUT2D eigenvalue weighted by Crippen LogP contribution is 2.76. The molecule has 1 aromatic rings. The van der Waals surface area contributed by atoms with E-state index in [1.807, 2.05) is 57.2 Å². The molecular formula is C30H36O7. The molecule has 4 aliphatic carbocycles. The van der Waals surface area contributed by atoms with Gasteiger partial charge in [-0.15, -0.1) is 0 Å². The van der Waals surface area contributed by atoms with Gasteiger partial charge in [-0.05, 0) is 36.0 Å². The lowest BCUT2D eigenvalue weighted by atomic mass is 9.60. The highest BCUT2D eigenvalue weighted by Gasteiger charge is 2.83. The molecule has 37 heavy (non-hydrogen) atoms. The Morgan fingerprint density at radius 2 is 1.78 bits per heavy atom. The number of aliphatic hydroxyl groups is 2. The van der Waals surface area contributed by atoms with Crippen molar-refractivity contribution in [2.75, 3.05) is 6.61 Å². The maximum absolute atomic E-state index is 13.2. The quantitative estimate of drug-likeness (QED) is 0.464. The van der Waals surface area contributed by atoms with Crippen LogP contribution in [0, 0.1) is 29.1 Å². The smallest absolute Gasteiger partial charge is 0.310 e. The minimum absolute atomic E-state index is 0.0307. The third-order valence-electron chi connectivity index (χ3n) is 9.62. The van der Waals surface area contributed by atoms with Crippen molar-refractivity contribution in [3.8, 4) is 0 Å². The van der Waals surface area contributed by atoms with Gasteiger partial charge in [0.15, 0.2) is 5.78 Å². The van der Waals surface area contributed by atoms with Crippen molar-refractivity contribution in [2.45, 2.75) is 70.7 Å². The Morgan fingerprint density at radius 3 is 2.43 bits per heavy atom. The highest BCUT2D eigenvalue weighted by atomic mass is 16.6. The first-order chi connectivity index (χ1) is 17.3. The summed E-state index contributed by atoms with van der Waals surface area (Å²) in [6, 6.07) is 9.44. The topological polar surface area (TPSA) is 110 Å². The van der Waals surface area contributed by atoms with Crippen molar-refractivity contribution in [3.05, 3.63) is 59.2 Å². The van der Waals surface area contributed by atoms with Crippen LogP contribution in [0.25, 0.3) is 0 Å². The van der Waals surface area contributed by atoms with Crippen LogP contribution in [0.5, 0.6) is 0 Å². The Balaban J connectivity index is 1.54. The summed E-state index contributed by atoms with van der Waals surface area (Å²) in [5.41, 5.74) is -2.64. The summed E-state index contributed by atoms with van der Waals surface area (Å²) in [6.45, 7) is 8.88. The van der Waals surface area contributed by atoms with E-state index < -0.39 is 51.7 Å². The third-order valence-corrected chi connectivity index (χ3v) is 9.62. The number of fused-ring (bicyclic) bond motifs is 5. The van der Waals surface area contributed by atoms with Crippen LogP contribution >= 0.6 is 0 Å². The summed E-state index contributed by atoms with van der Waals surface area (Å²) in [6.07, 6.45) is 4.12. The van der Waals surface area contributed by atoms with Crippen molar-refractivity contribution in [3.63, 3.8) is 0 Å². The molecule has 5 rings (SSSR count). The van der Waals surface area contributed by atoms with Gasteiger partial charge in [0.1, 0.15) is 17.8 Å². The maximum atomic E-state index is 13.2. The lowest BCUT2D eigenvalue weighted by Crippen LogP contribution is -2.61. The Kier molecular flexibility index (Phi) is 5.85. The van der Waals surface area contributed by atoms with E-state index in [-0.39, 0.29) is 31.3 Å². The standard InChI is InChI=1S/C30H36O7/c1-17-11-23-28(34,26(17)33)15-21(16-36-19(3)31)12-22-25-27(4,5)29(25,14-18(2)30(22,23)35)37-24(32)13-20-9-7-6-8-10-20/h6-12,18,22-23,25,34-35H,13-16H2,1-5H3/t18-,22+,23-,25-,28-,29+,30-/m0/s1. The monoisotopic (exact) mass is 508 g/mol. The van der Waals surface area contributed by atoms with Crippen molar-refractivity contribution in [1.29, 1.82) is 0 Å². The summed E-state index contributed by atoms with van der Waals surface area (Å²) in [7, 11) is 0. The van der Waals surface area contributed by atoms with E-state index in [0.29, 0.717) is 17.6 Å². The number of ketones is 1. The molecule has 0 aliphatic heterocycles. The average molecular weight is 509 g/mol. The molecule has 0 amide bonds. The molecule has 0 aromatic heterocycles. The number of esters is 2. The number of hydrogen-bond acceptors (Lipinski definition) is 7. The molecule has 0 unspecified atom stereocenters. The van der Waals surface area contributed by atoms with Crippen LogP contribution in [0.2, 0.25) is 0 Å². The second-order valence-electron chi connectivity index (χ2n) is 12.1. The summed E-state index contributed by atoms with van der Waals surface area (Å²) in [4.78, 5) is 37.9. The van der Waals surface area contributed by atoms with E-state index in [2.05, 4.69) is 0 Å². The van der Waals surface area contributed by atoms with Crippen LogP contribution in [0.15, 0.2) is 53.6 Å². The predicted octanol–water partition coefficient (Wildman–Crippen LogP) is 3.32. The fraction of sp³-hybridized carbons (Fsp3) is 0.567. The molecule has 7 nitrogen and oxygen atoms in total. The van der Waals surface area contributed by atoms with Crippen molar-refractivity contribution in [1.82, 2.24) is 0 Å². The number of carbonyl (C=O) groups excluding carboxylic acids is 3. The van der Waals surface area contributed by atoms with Crippen molar-refractivity contribution in [2.24, 2.45) is 29.1 Å². The van der Waals surface area contributed by atoms with E-state index >= 15 is 0 Å². The fourth-order valence-corrected chi connectivity index (χ4v) is 7.78. The van der Waals surface area contributed by atoms with Crippen LogP contribution in [0.3, 0.4) is 0 Å². The number of carbonyl (C=O) groups is 3. The van der Waals surface area contributed by atoms with Gasteiger partial charge >= 0.3 is 11.9 Å². The van der Waals surface area contributed by atoms with E-state index in [1.54, 1.807) is 13.0 Å². The minimum atomic E-state index is -1.82. The lowest BCUT2D eigenvalue weighted by molar-refractivity contribution is -0.186. The number of ether oxygens (including phenoxy) is 2. The van der Waals surface area contributed by atoms with E-state index in [1.165, 1.54) is 6.92 Å². The van der Waals surface area contributed by atoms with Crippen molar-refractivity contribution >= 4 is 17.7 Å². The molecule has 0 bridgehead atoms. The normalized spacial score (nSPS) is 39.3. The summed E-state index contributed by atoms with van der Waals surface area (Å²) < 4.78 is 11.6. The first-order valence-corrected chi connectivity index (χ1v) is 13.0. The molecular weight excluding hydrogens is 472 g/mol. The van der Waals surface area contributed by atoms with Gasteiger partial charge in [-0.25, -0.2) is 0 Å². The molecule has 0 saturated heterocycles. The molecule has 2 N–H and O–H groups in total. The van der Waals surface area contributed by atoms with Gasteiger partial charge in [-0.2, -0.15) is 0 Å². The van der Waals surface area contributed by atoms with E-state index in [9.17, 15) is 24.6 Å². The molecule has 7 heteroatoms. The lowest BCUT2D eigenvalue weighted by Gasteiger charge is -2.50. The van der Waals surface area contributed by atoms with E-state index in [4.69, 9.17) is 9.47 Å². The van der Waals surface area contributed by atoms with Gasteiger partial charge in [0.2, 0.25) is 0 Å². The molecule has 2 saturated carbocycles. The first-order valence-electron chi connectivity index (χ1n) is 13.0. The Hall–Kier alpha value is -2.77. The van der Waals surface area contributed by atoms with Crippen molar-refractivity contribution < 1.29 is 34.1 Å². The molecule has 0 spiro atoms. The Bertz CT molecular complexity index is 1210. The maximum Gasteiger partial charge on any atom is 0.310 e. The molecule has 198 valence electrons. The third kappa shape index (κ3) is 3.65. The predicted molar refractivity (Wildman–Crippen MR) is 135 cm³/mol. The Labute approximate surface area is 217 Å². The number of benzene rings is 1. The molecule has 1 aromatic carbocycles. The molecule has 0 radical (unpaired) electrons. The average Bonchev–Trinajstić information content (AvgIpc) is 3.22. The van der Waals surface area contributed by atoms with Crippen LogP contribution in [0.1, 0.15) is 53.0 Å². The van der Waals surface area contributed by atoms with Gasteiger partial charge in [-0.1, -0.05) is 63.3 Å². The second-order valence-corrected chi connectivity index (χ2v) is 12.1. The SMILES string of the molecule is CC(=O)OCC1=C[C@@H]2[C@H]3C(C)(C)[C@@]3(OC(=O)Cc3ccccc3)C[C@H](C)[C@@]2(O)[C@H]2C=C(C)C(=O)[C@]2(O)C1. The van der Waals surface area contributed by atoms with Gasteiger partial charge < -0.3 is 19.7 Å². The van der Waals surface area contributed by atoms with Crippen LogP contribution in [0.4, 0.5) is 0 Å². The van der Waals surface area contributed by atoms with Gasteiger partial charge in [0.25, 0.3) is 0 Å². The second kappa shape index (κ2) is 8.37. The Morgan fingerprint density at radius 1 is 1.11 bits per heavy atom. The zero-order valence-corrected chi connectivity index (χ0v) is 22.1. The first kappa shape index (κ1) is 25.9. The summed E-state index contributed by atoms with van der Waals surface area (Å²) >= 11 is 0. The van der Waals surface area contributed by atoms with Gasteiger partial charge in [0.05, 0.1) is 12.0 Å². The largest absolute Gasteiger partial charge is 0.461 e. The van der Waals surface area contributed by atoms with Gasteiger partial charge in [0, 0.05) is 36.5 Å². The number of hydrogen-bond donors (Lipinski definition) is 2. The highest BCUT2D eigenvalue weighted by molar-refractivity contribution is 6.04. The summed E-state index contributed by atoms with van der Waals surface area (Å²) in [5, 5.41) is 24.2. The number of Topliss-reactive ketones (excluding diaryl/α,β-unsaturated/α-hetero) is 1. The molecule has 7 atom stereocenters. The molecule has 2 fully saturated rings. The van der Waals surface area contributed by atoms with Gasteiger partial charge in [-0.3, -0.25) is 14.4 Å². The minimum Gasteiger partial charge on any atom is -0.461 e. The number of rotatable bonds is 5. The summed E-state index contributed by atoms with van der Waals surface area (Å²) in [5.74, 6) is -3.17. The zero-order valence-electron chi connectivity index (χ0n) is 22.1. The van der Waals surface area contributed by atoms with Crippen LogP contribution in [-0.4, -0.2) is 51.3 Å². The van der Waals surface area contributed by atoms with Crippen LogP contribution < -0.4 is 0 Å². The van der Waals surface area contributed by atoms with E-state index in [0.717, 1.165) is 5.56 Å². The zero-order chi connectivity index (χ0) is 27.0. The van der Waals surface area contributed by atoms with Crippen LogP contribution in [-0.2, 0) is 30.3 Å². The molecule has 4 aliphatic rings.